The van der Waals surface area contributed by atoms with Crippen LogP contribution in [-0.2, 0) is 13.0 Å². The zero-order valence-corrected chi connectivity index (χ0v) is 12.6. The summed E-state index contributed by atoms with van der Waals surface area (Å²) in [5.74, 6) is 0. The Morgan fingerprint density at radius 3 is 2.83 bits per heavy atom. The normalized spacial score (nSPS) is 13.7. The van der Waals surface area contributed by atoms with Crippen LogP contribution >= 0.6 is 0 Å². The van der Waals surface area contributed by atoms with E-state index in [0.29, 0.717) is 6.54 Å². The molecule has 0 unspecified atom stereocenters. The van der Waals surface area contributed by atoms with Gasteiger partial charge in [-0.15, -0.1) is 0 Å². The quantitative estimate of drug-likeness (QED) is 0.694. The van der Waals surface area contributed by atoms with Gasteiger partial charge < -0.3 is 4.90 Å². The number of fused-ring (bicyclic) bond motifs is 1. The molecule has 3 heterocycles. The Kier molecular flexibility index (Phi) is 3.38. The van der Waals surface area contributed by atoms with E-state index in [9.17, 15) is 4.79 Å². The van der Waals surface area contributed by atoms with Gasteiger partial charge in [-0.05, 0) is 35.7 Å². The molecule has 3 aromatic rings. The molecule has 0 bridgehead atoms. The summed E-state index contributed by atoms with van der Waals surface area (Å²) in [6.45, 7) is 1.35. The minimum absolute atomic E-state index is 0.0311. The first kappa shape index (κ1) is 13.7. The van der Waals surface area contributed by atoms with Gasteiger partial charge in [0, 0.05) is 37.2 Å². The predicted molar refractivity (Wildman–Crippen MR) is 86.8 cm³/mol. The number of carbonyl (C=O) groups is 1. The van der Waals surface area contributed by atoms with E-state index < -0.39 is 0 Å². The standard InChI is InChI=1S/C18H16N4O/c23-18(22-10-8-19-13-22)21-9-6-14-4-5-15(11-16(14)12-21)17-3-1-2-7-20-17/h1-5,7-8,10-11,13H,6,9,12H2. The van der Waals surface area contributed by atoms with E-state index >= 15 is 0 Å². The van der Waals surface area contributed by atoms with Gasteiger partial charge in [-0.3, -0.25) is 9.55 Å². The molecule has 1 aliphatic rings. The molecule has 114 valence electrons. The van der Waals surface area contributed by atoms with Crippen molar-refractivity contribution in [3.63, 3.8) is 0 Å². The van der Waals surface area contributed by atoms with Gasteiger partial charge in [0.05, 0.1) is 5.69 Å². The van der Waals surface area contributed by atoms with Crippen LogP contribution in [0.4, 0.5) is 4.79 Å². The largest absolute Gasteiger partial charge is 0.329 e. The third kappa shape index (κ3) is 2.61. The summed E-state index contributed by atoms with van der Waals surface area (Å²) in [4.78, 5) is 22.7. The maximum atomic E-state index is 12.5. The summed E-state index contributed by atoms with van der Waals surface area (Å²) in [5.41, 5.74) is 4.53. The molecule has 5 heteroatoms. The van der Waals surface area contributed by atoms with Gasteiger partial charge in [-0.25, -0.2) is 9.78 Å². The topological polar surface area (TPSA) is 51.0 Å². The average molecular weight is 304 g/mol. The zero-order valence-electron chi connectivity index (χ0n) is 12.6. The number of hydrogen-bond donors (Lipinski definition) is 0. The molecule has 1 amide bonds. The fourth-order valence-corrected chi connectivity index (χ4v) is 2.95. The molecule has 4 rings (SSSR count). The lowest BCUT2D eigenvalue weighted by atomic mass is 9.96. The third-order valence-corrected chi connectivity index (χ3v) is 4.17. The van der Waals surface area contributed by atoms with Gasteiger partial charge in [-0.1, -0.05) is 18.2 Å². The maximum absolute atomic E-state index is 12.5. The summed E-state index contributed by atoms with van der Waals surface area (Å²) < 4.78 is 1.52. The van der Waals surface area contributed by atoms with Gasteiger partial charge in [0.25, 0.3) is 0 Å². The lowest BCUT2D eigenvalue weighted by Crippen LogP contribution is -2.38. The smallest absolute Gasteiger partial charge is 0.319 e. The molecule has 0 radical (unpaired) electrons. The van der Waals surface area contributed by atoms with Crippen LogP contribution in [0, 0.1) is 0 Å². The number of pyridine rings is 1. The van der Waals surface area contributed by atoms with Crippen LogP contribution in [-0.4, -0.2) is 32.0 Å². The van der Waals surface area contributed by atoms with Gasteiger partial charge in [0.1, 0.15) is 6.33 Å². The molecule has 0 saturated heterocycles. The van der Waals surface area contributed by atoms with E-state index in [1.54, 1.807) is 24.9 Å². The summed E-state index contributed by atoms with van der Waals surface area (Å²) in [7, 11) is 0. The number of aromatic nitrogens is 3. The van der Waals surface area contributed by atoms with Crippen molar-refractivity contribution >= 4 is 6.03 Å². The summed E-state index contributed by atoms with van der Waals surface area (Å²) >= 11 is 0. The Morgan fingerprint density at radius 1 is 1.09 bits per heavy atom. The molecule has 0 aliphatic carbocycles. The number of benzene rings is 1. The molecule has 0 atom stereocenters. The molecule has 0 fully saturated rings. The van der Waals surface area contributed by atoms with Crippen LogP contribution in [0.2, 0.25) is 0 Å². The van der Waals surface area contributed by atoms with Crippen LogP contribution < -0.4 is 0 Å². The summed E-state index contributed by atoms with van der Waals surface area (Å²) in [5, 5.41) is 0. The molecule has 23 heavy (non-hydrogen) atoms. The Balaban J connectivity index is 1.62. The van der Waals surface area contributed by atoms with Gasteiger partial charge in [0.15, 0.2) is 0 Å². The van der Waals surface area contributed by atoms with Crippen LogP contribution in [0.5, 0.6) is 0 Å². The minimum Gasteiger partial charge on any atom is -0.319 e. The van der Waals surface area contributed by atoms with E-state index in [1.165, 1.54) is 15.7 Å². The third-order valence-electron chi connectivity index (χ3n) is 4.17. The molecular formula is C18H16N4O. The van der Waals surface area contributed by atoms with Crippen LogP contribution in [0.25, 0.3) is 11.3 Å². The SMILES string of the molecule is O=C(N1CCc2ccc(-c3ccccn3)cc2C1)n1ccnc1. The Hall–Kier alpha value is -2.95. The van der Waals surface area contributed by atoms with Crippen LogP contribution in [0.3, 0.4) is 0 Å². The van der Waals surface area contributed by atoms with Crippen molar-refractivity contribution in [3.05, 3.63) is 72.4 Å². The van der Waals surface area contributed by atoms with Crippen LogP contribution in [0.1, 0.15) is 11.1 Å². The Labute approximate surface area is 134 Å². The first-order valence-electron chi connectivity index (χ1n) is 7.62. The molecular weight excluding hydrogens is 288 g/mol. The van der Waals surface area contributed by atoms with Crippen molar-refractivity contribution < 1.29 is 4.79 Å². The van der Waals surface area contributed by atoms with Crippen molar-refractivity contribution in [3.8, 4) is 11.3 Å². The Bertz CT molecular complexity index is 827. The average Bonchev–Trinajstić information content (AvgIpc) is 3.15. The van der Waals surface area contributed by atoms with Gasteiger partial charge in [0.2, 0.25) is 0 Å². The molecule has 1 aromatic carbocycles. The van der Waals surface area contributed by atoms with Crippen molar-refractivity contribution in [1.82, 2.24) is 19.4 Å². The second-order valence-electron chi connectivity index (χ2n) is 5.62. The maximum Gasteiger partial charge on any atom is 0.329 e. The number of nitrogens with zero attached hydrogens (tertiary/aromatic N) is 4. The molecule has 0 spiro atoms. The number of amides is 1. The highest BCUT2D eigenvalue weighted by atomic mass is 16.2. The number of carbonyl (C=O) groups excluding carboxylic acids is 1. The number of rotatable bonds is 1. The minimum atomic E-state index is -0.0311. The lowest BCUT2D eigenvalue weighted by molar-refractivity contribution is 0.194. The summed E-state index contributed by atoms with van der Waals surface area (Å²) in [6, 6.07) is 12.3. The molecule has 0 saturated carbocycles. The van der Waals surface area contributed by atoms with E-state index in [4.69, 9.17) is 0 Å². The monoisotopic (exact) mass is 304 g/mol. The summed E-state index contributed by atoms with van der Waals surface area (Å²) in [6.07, 6.45) is 7.52. The molecule has 1 aliphatic heterocycles. The van der Waals surface area contributed by atoms with E-state index in [-0.39, 0.29) is 6.03 Å². The van der Waals surface area contributed by atoms with Crippen molar-refractivity contribution in [2.75, 3.05) is 6.54 Å². The van der Waals surface area contributed by atoms with E-state index in [1.807, 2.05) is 23.1 Å². The first-order valence-corrected chi connectivity index (χ1v) is 7.62. The second kappa shape index (κ2) is 5.68. The van der Waals surface area contributed by atoms with Crippen LogP contribution in [0.15, 0.2) is 61.3 Å². The highest BCUT2D eigenvalue weighted by Gasteiger charge is 2.22. The molecule has 0 N–H and O–H groups in total. The van der Waals surface area contributed by atoms with Crippen molar-refractivity contribution in [2.24, 2.45) is 0 Å². The van der Waals surface area contributed by atoms with Gasteiger partial charge in [-0.2, -0.15) is 0 Å². The predicted octanol–water partition coefficient (Wildman–Crippen LogP) is 2.97. The molecule has 2 aromatic heterocycles. The number of imidazole rings is 1. The fraction of sp³-hybridized carbons (Fsp3) is 0.167. The molecule has 5 nitrogen and oxygen atoms in total. The van der Waals surface area contributed by atoms with E-state index in [2.05, 4.69) is 28.2 Å². The number of hydrogen-bond acceptors (Lipinski definition) is 3. The fourth-order valence-electron chi connectivity index (χ4n) is 2.95. The highest BCUT2D eigenvalue weighted by Crippen LogP contribution is 2.25. The zero-order chi connectivity index (χ0) is 15.6. The lowest BCUT2D eigenvalue weighted by Gasteiger charge is -2.29. The van der Waals surface area contributed by atoms with Crippen molar-refractivity contribution in [1.29, 1.82) is 0 Å². The second-order valence-corrected chi connectivity index (χ2v) is 5.62. The van der Waals surface area contributed by atoms with Gasteiger partial charge >= 0.3 is 6.03 Å². The van der Waals surface area contributed by atoms with Crippen molar-refractivity contribution in [2.45, 2.75) is 13.0 Å². The highest BCUT2D eigenvalue weighted by molar-refractivity contribution is 5.77. The Morgan fingerprint density at radius 2 is 2.04 bits per heavy atom. The van der Waals surface area contributed by atoms with E-state index in [0.717, 1.165) is 24.2 Å². The first-order chi connectivity index (χ1) is 11.3.